The third-order valence-electron chi connectivity index (χ3n) is 6.66. The van der Waals surface area contributed by atoms with E-state index >= 15 is 0 Å². The van der Waals surface area contributed by atoms with Crippen LogP contribution in [0.2, 0.25) is 0 Å². The maximum atomic E-state index is 11.6. The summed E-state index contributed by atoms with van der Waals surface area (Å²) in [5, 5.41) is 0. The van der Waals surface area contributed by atoms with Gasteiger partial charge < -0.3 is 10.2 Å². The zero-order valence-electron chi connectivity index (χ0n) is 18.6. The van der Waals surface area contributed by atoms with Crippen LogP contribution in [-0.2, 0) is 6.42 Å². The highest BCUT2D eigenvalue weighted by atomic mass is 16.4. The van der Waals surface area contributed by atoms with Crippen LogP contribution in [0.1, 0.15) is 53.4 Å². The average molecular weight is 437 g/mol. The van der Waals surface area contributed by atoms with Gasteiger partial charge in [-0.2, -0.15) is 0 Å². The third kappa shape index (κ3) is 4.61. The molecular formula is C29H28N2O2. The lowest BCUT2D eigenvalue weighted by Gasteiger charge is -2.29. The van der Waals surface area contributed by atoms with E-state index in [1.165, 1.54) is 12.8 Å². The molecule has 1 aromatic heterocycles. The van der Waals surface area contributed by atoms with Crippen molar-refractivity contribution in [3.05, 3.63) is 102 Å². The Kier molecular flexibility index (Phi) is 6.07. The lowest BCUT2D eigenvalue weighted by atomic mass is 9.76. The maximum Gasteiger partial charge on any atom is 0.248 e. The van der Waals surface area contributed by atoms with Crippen molar-refractivity contribution in [3.63, 3.8) is 0 Å². The second kappa shape index (κ2) is 9.45. The quantitative estimate of drug-likeness (QED) is 0.369. The molecule has 0 radical (unpaired) electrons. The molecule has 4 nitrogen and oxygen atoms in total. The van der Waals surface area contributed by atoms with Crippen LogP contribution in [0, 0.1) is 5.92 Å². The first kappa shape index (κ1) is 21.2. The molecule has 2 unspecified atom stereocenters. The number of nitrogens with zero attached hydrogens (tertiary/aromatic N) is 1. The topological polar surface area (TPSA) is 69.1 Å². The van der Waals surface area contributed by atoms with Crippen LogP contribution in [0.15, 0.2) is 89.3 Å². The van der Waals surface area contributed by atoms with Crippen molar-refractivity contribution >= 4 is 5.91 Å². The summed E-state index contributed by atoms with van der Waals surface area (Å²) in [4.78, 5) is 16.7. The first-order valence-electron chi connectivity index (χ1n) is 11.7. The van der Waals surface area contributed by atoms with Gasteiger partial charge >= 0.3 is 0 Å². The van der Waals surface area contributed by atoms with Gasteiger partial charge in [-0.1, -0.05) is 85.6 Å². The number of benzene rings is 3. The SMILES string of the molecule is NC(=O)c1cccc(CC2CCCCC2c2nc(-c3ccccc3)c(-c3ccccc3)o2)c1. The number of nitrogens with two attached hydrogens (primary N) is 1. The highest BCUT2D eigenvalue weighted by Crippen LogP contribution is 2.43. The highest BCUT2D eigenvalue weighted by Gasteiger charge is 2.32. The smallest absolute Gasteiger partial charge is 0.248 e. The van der Waals surface area contributed by atoms with Crippen molar-refractivity contribution in [1.82, 2.24) is 4.98 Å². The third-order valence-corrected chi connectivity index (χ3v) is 6.66. The number of primary amides is 1. The zero-order chi connectivity index (χ0) is 22.6. The van der Waals surface area contributed by atoms with Crippen LogP contribution < -0.4 is 5.73 Å². The lowest BCUT2D eigenvalue weighted by Crippen LogP contribution is -2.20. The molecule has 1 aliphatic rings. The van der Waals surface area contributed by atoms with Crippen molar-refractivity contribution in [2.75, 3.05) is 0 Å². The van der Waals surface area contributed by atoms with Crippen LogP contribution in [-0.4, -0.2) is 10.9 Å². The first-order valence-corrected chi connectivity index (χ1v) is 11.7. The van der Waals surface area contributed by atoms with Crippen molar-refractivity contribution < 1.29 is 9.21 Å². The molecular weight excluding hydrogens is 408 g/mol. The van der Waals surface area contributed by atoms with Gasteiger partial charge in [0, 0.05) is 22.6 Å². The minimum atomic E-state index is -0.384. The van der Waals surface area contributed by atoms with Gasteiger partial charge in [-0.15, -0.1) is 0 Å². The van der Waals surface area contributed by atoms with Crippen LogP contribution in [0.3, 0.4) is 0 Å². The normalized spacial score (nSPS) is 18.2. The van der Waals surface area contributed by atoms with Gasteiger partial charge in [0.15, 0.2) is 11.7 Å². The summed E-state index contributed by atoms with van der Waals surface area (Å²) < 4.78 is 6.54. The van der Waals surface area contributed by atoms with Gasteiger partial charge in [0.05, 0.1) is 0 Å². The summed E-state index contributed by atoms with van der Waals surface area (Å²) in [5.41, 5.74) is 10.2. The molecule has 33 heavy (non-hydrogen) atoms. The fraction of sp³-hybridized carbons (Fsp3) is 0.241. The van der Waals surface area contributed by atoms with E-state index in [1.54, 1.807) is 6.07 Å². The lowest BCUT2D eigenvalue weighted by molar-refractivity contribution is 0.1000. The monoisotopic (exact) mass is 436 g/mol. The van der Waals surface area contributed by atoms with Gasteiger partial charge in [-0.25, -0.2) is 4.98 Å². The van der Waals surface area contributed by atoms with Crippen LogP contribution in [0.5, 0.6) is 0 Å². The van der Waals surface area contributed by atoms with Crippen molar-refractivity contribution in [2.45, 2.75) is 38.0 Å². The van der Waals surface area contributed by atoms with Gasteiger partial charge in [0.25, 0.3) is 0 Å². The van der Waals surface area contributed by atoms with Gasteiger partial charge in [-0.05, 0) is 42.9 Å². The van der Waals surface area contributed by atoms with Crippen LogP contribution in [0.4, 0.5) is 0 Å². The Morgan fingerprint density at radius 2 is 1.58 bits per heavy atom. The van der Waals surface area contributed by atoms with E-state index in [2.05, 4.69) is 30.3 Å². The molecule has 1 saturated carbocycles. The van der Waals surface area contributed by atoms with Gasteiger partial charge in [-0.3, -0.25) is 4.79 Å². The molecule has 2 atom stereocenters. The Hall–Kier alpha value is -3.66. The van der Waals surface area contributed by atoms with E-state index in [0.717, 1.165) is 53.3 Å². The number of carbonyl (C=O) groups excluding carboxylic acids is 1. The summed E-state index contributed by atoms with van der Waals surface area (Å²) in [5.74, 6) is 1.92. The molecule has 0 saturated heterocycles. The van der Waals surface area contributed by atoms with E-state index in [0.29, 0.717) is 11.5 Å². The van der Waals surface area contributed by atoms with E-state index in [1.807, 2.05) is 48.5 Å². The van der Waals surface area contributed by atoms with E-state index in [-0.39, 0.29) is 11.8 Å². The number of amides is 1. The Morgan fingerprint density at radius 3 is 2.30 bits per heavy atom. The molecule has 2 N–H and O–H groups in total. The van der Waals surface area contributed by atoms with Gasteiger partial charge in [0.2, 0.25) is 5.91 Å². The van der Waals surface area contributed by atoms with Crippen LogP contribution in [0.25, 0.3) is 22.6 Å². The average Bonchev–Trinajstić information content (AvgIpc) is 3.31. The molecule has 0 spiro atoms. The summed E-state index contributed by atoms with van der Waals surface area (Å²) in [7, 11) is 0. The number of oxazole rings is 1. The Bertz CT molecular complexity index is 1170. The second-order valence-corrected chi connectivity index (χ2v) is 8.88. The molecule has 1 aliphatic carbocycles. The summed E-state index contributed by atoms with van der Waals surface area (Å²) in [6.45, 7) is 0. The molecule has 3 aromatic carbocycles. The molecule has 0 bridgehead atoms. The molecule has 4 aromatic rings. The fourth-order valence-electron chi connectivity index (χ4n) is 5.00. The second-order valence-electron chi connectivity index (χ2n) is 8.88. The summed E-state index contributed by atoms with van der Waals surface area (Å²) in [6.07, 6.45) is 5.44. The number of carbonyl (C=O) groups is 1. The first-order chi connectivity index (χ1) is 16.2. The molecule has 1 fully saturated rings. The Morgan fingerprint density at radius 1 is 0.879 bits per heavy atom. The number of rotatable bonds is 6. The molecule has 1 heterocycles. The number of hydrogen-bond acceptors (Lipinski definition) is 3. The van der Waals surface area contributed by atoms with E-state index in [4.69, 9.17) is 15.1 Å². The fourth-order valence-corrected chi connectivity index (χ4v) is 5.00. The molecule has 0 aliphatic heterocycles. The van der Waals surface area contributed by atoms with Crippen molar-refractivity contribution in [2.24, 2.45) is 11.7 Å². The van der Waals surface area contributed by atoms with Crippen molar-refractivity contribution in [3.8, 4) is 22.6 Å². The van der Waals surface area contributed by atoms with E-state index in [9.17, 15) is 4.79 Å². The molecule has 1 amide bonds. The van der Waals surface area contributed by atoms with Gasteiger partial charge in [0.1, 0.15) is 5.69 Å². The Labute approximate surface area is 194 Å². The Balaban J connectivity index is 1.51. The summed E-state index contributed by atoms with van der Waals surface area (Å²) >= 11 is 0. The number of aromatic nitrogens is 1. The molecule has 4 heteroatoms. The minimum absolute atomic E-state index is 0.246. The highest BCUT2D eigenvalue weighted by molar-refractivity contribution is 5.92. The predicted octanol–water partition coefficient (Wildman–Crippen LogP) is 6.62. The number of hydrogen-bond donors (Lipinski definition) is 1. The van der Waals surface area contributed by atoms with Crippen molar-refractivity contribution in [1.29, 1.82) is 0 Å². The summed E-state index contributed by atoms with van der Waals surface area (Å²) in [6, 6.07) is 28.2. The molecule has 5 rings (SSSR count). The van der Waals surface area contributed by atoms with Crippen LogP contribution >= 0.6 is 0 Å². The largest absolute Gasteiger partial charge is 0.440 e. The minimum Gasteiger partial charge on any atom is -0.440 e. The predicted molar refractivity (Wildman–Crippen MR) is 131 cm³/mol. The van der Waals surface area contributed by atoms with E-state index < -0.39 is 0 Å². The maximum absolute atomic E-state index is 11.6. The standard InChI is InChI=1S/C29H28N2O2/c30-28(32)24-16-9-10-20(19-24)18-23-15-7-8-17-25(23)29-31-26(21-11-3-1-4-12-21)27(33-29)22-13-5-2-6-14-22/h1-6,9-14,16,19,23,25H,7-8,15,17-18H2,(H2,30,32). The molecule has 166 valence electrons. The zero-order valence-corrected chi connectivity index (χ0v) is 18.6.